The zero-order valence-corrected chi connectivity index (χ0v) is 20.0. The molecule has 0 spiro atoms. The van der Waals surface area contributed by atoms with E-state index in [0.29, 0.717) is 17.9 Å². The molecule has 0 radical (unpaired) electrons. The number of amides is 1. The molecule has 0 aromatic heterocycles. The predicted octanol–water partition coefficient (Wildman–Crippen LogP) is 5.29. The van der Waals surface area contributed by atoms with Crippen LogP contribution in [0, 0.1) is 11.7 Å². The lowest BCUT2D eigenvalue weighted by Crippen LogP contribution is -2.45. The molecule has 172 valence electrons. The fourth-order valence-electron chi connectivity index (χ4n) is 4.28. The summed E-state index contributed by atoms with van der Waals surface area (Å²) in [4.78, 5) is 15.4. The molecule has 5 nitrogen and oxygen atoms in total. The summed E-state index contributed by atoms with van der Waals surface area (Å²) in [7, 11) is -3.79. The molecule has 2 aromatic carbocycles. The van der Waals surface area contributed by atoms with Gasteiger partial charge in [-0.1, -0.05) is 35.3 Å². The minimum Gasteiger partial charge on any atom is -0.333 e. The Labute approximate surface area is 198 Å². The fraction of sp³-hybridized carbons (Fsp3) is 0.435. The second-order valence-corrected chi connectivity index (χ2v) is 11.2. The van der Waals surface area contributed by atoms with Gasteiger partial charge in [-0.3, -0.25) is 4.79 Å². The molecule has 1 saturated carbocycles. The van der Waals surface area contributed by atoms with E-state index in [9.17, 15) is 17.6 Å². The summed E-state index contributed by atoms with van der Waals surface area (Å²) in [6, 6.07) is 11.1. The number of benzene rings is 2. The van der Waals surface area contributed by atoms with Crippen LogP contribution in [0.2, 0.25) is 10.0 Å². The van der Waals surface area contributed by atoms with E-state index in [4.69, 9.17) is 23.2 Å². The Morgan fingerprint density at radius 3 is 2.25 bits per heavy atom. The van der Waals surface area contributed by atoms with Gasteiger partial charge in [0.1, 0.15) is 5.82 Å². The topological polar surface area (TPSA) is 57.7 Å². The Hall–Kier alpha value is -1.67. The Kier molecular flexibility index (Phi) is 6.82. The monoisotopic (exact) mass is 498 g/mol. The van der Waals surface area contributed by atoms with Crippen molar-refractivity contribution in [3.05, 3.63) is 63.9 Å². The highest BCUT2D eigenvalue weighted by Crippen LogP contribution is 2.37. The van der Waals surface area contributed by atoms with Crippen LogP contribution in [0.25, 0.3) is 0 Å². The third-order valence-corrected chi connectivity index (χ3v) is 8.73. The highest BCUT2D eigenvalue weighted by Gasteiger charge is 2.41. The van der Waals surface area contributed by atoms with Gasteiger partial charge in [0.05, 0.1) is 16.0 Å². The van der Waals surface area contributed by atoms with Crippen LogP contribution >= 0.6 is 23.2 Å². The quantitative estimate of drug-likeness (QED) is 0.543. The molecule has 1 atom stereocenters. The van der Waals surface area contributed by atoms with Gasteiger partial charge in [0.15, 0.2) is 0 Å². The number of piperidine rings is 1. The molecule has 1 aliphatic heterocycles. The van der Waals surface area contributed by atoms with Crippen molar-refractivity contribution in [2.24, 2.45) is 5.92 Å². The van der Waals surface area contributed by atoms with E-state index < -0.39 is 15.8 Å². The molecule has 0 unspecified atom stereocenters. The number of nitrogens with zero attached hydrogens (tertiary/aromatic N) is 2. The molecule has 1 saturated heterocycles. The molecule has 1 heterocycles. The molecule has 9 heteroatoms. The first-order valence-electron chi connectivity index (χ1n) is 10.7. The van der Waals surface area contributed by atoms with Crippen molar-refractivity contribution in [2.75, 3.05) is 13.1 Å². The zero-order valence-electron chi connectivity index (χ0n) is 17.7. The lowest BCUT2D eigenvalue weighted by Gasteiger charge is -2.36. The number of rotatable bonds is 6. The molecular formula is C23H25Cl2FN2O3S. The standard InChI is InChI=1S/C23H25Cl2FN2O3S/c1-15(16-2-4-18(24)5-3-16)28(19-6-7-19)23(29)17-10-12-27(13-11-17)32(30,31)20-8-9-22(26)21(25)14-20/h2-5,8-9,14-15,17,19H,6-7,10-13H2,1H3/t15-/m1/s1. The molecule has 0 bridgehead atoms. The molecule has 1 aliphatic carbocycles. The van der Waals surface area contributed by atoms with Gasteiger partial charge in [0.25, 0.3) is 0 Å². The van der Waals surface area contributed by atoms with E-state index in [1.807, 2.05) is 36.1 Å². The number of halogens is 3. The number of sulfonamides is 1. The molecule has 2 aliphatic rings. The maximum atomic E-state index is 13.4. The summed E-state index contributed by atoms with van der Waals surface area (Å²) in [5.41, 5.74) is 1.03. The molecule has 2 fully saturated rings. The number of hydrogen-bond donors (Lipinski definition) is 0. The molecular weight excluding hydrogens is 474 g/mol. The smallest absolute Gasteiger partial charge is 0.243 e. The minimum atomic E-state index is -3.79. The van der Waals surface area contributed by atoms with Crippen molar-refractivity contribution in [1.82, 2.24) is 9.21 Å². The summed E-state index contributed by atoms with van der Waals surface area (Å²) >= 11 is 11.8. The first kappa shape index (κ1) is 23.5. The molecule has 2 aromatic rings. The van der Waals surface area contributed by atoms with Crippen LogP contribution in [0.3, 0.4) is 0 Å². The Bertz CT molecular complexity index is 1100. The lowest BCUT2D eigenvalue weighted by molar-refractivity contribution is -0.139. The summed E-state index contributed by atoms with van der Waals surface area (Å²) < 4.78 is 40.7. The summed E-state index contributed by atoms with van der Waals surface area (Å²) in [5.74, 6) is -0.810. The zero-order chi connectivity index (χ0) is 23.0. The van der Waals surface area contributed by atoms with Crippen molar-refractivity contribution in [3.63, 3.8) is 0 Å². The average Bonchev–Trinajstić information content (AvgIpc) is 3.61. The van der Waals surface area contributed by atoms with Crippen LogP contribution < -0.4 is 0 Å². The van der Waals surface area contributed by atoms with Crippen LogP contribution in [0.4, 0.5) is 4.39 Å². The van der Waals surface area contributed by atoms with Gasteiger partial charge in [0.2, 0.25) is 15.9 Å². The van der Waals surface area contributed by atoms with E-state index in [-0.39, 0.29) is 46.9 Å². The number of hydrogen-bond acceptors (Lipinski definition) is 3. The second-order valence-electron chi connectivity index (χ2n) is 8.46. The average molecular weight is 499 g/mol. The van der Waals surface area contributed by atoms with E-state index in [2.05, 4.69) is 0 Å². The predicted molar refractivity (Wildman–Crippen MR) is 123 cm³/mol. The maximum absolute atomic E-state index is 13.4. The van der Waals surface area contributed by atoms with Crippen molar-refractivity contribution in [2.45, 2.75) is 49.6 Å². The van der Waals surface area contributed by atoms with Gasteiger partial charge in [-0.2, -0.15) is 4.31 Å². The highest BCUT2D eigenvalue weighted by atomic mass is 35.5. The SMILES string of the molecule is C[C@H](c1ccc(Cl)cc1)N(C(=O)C1CCN(S(=O)(=O)c2ccc(F)c(Cl)c2)CC1)C1CC1. The molecule has 32 heavy (non-hydrogen) atoms. The summed E-state index contributed by atoms with van der Waals surface area (Å²) in [6.07, 6.45) is 2.87. The molecule has 4 rings (SSSR count). The van der Waals surface area contributed by atoms with Gasteiger partial charge >= 0.3 is 0 Å². The van der Waals surface area contributed by atoms with E-state index in [1.165, 1.54) is 10.4 Å². The Morgan fingerprint density at radius 2 is 1.69 bits per heavy atom. The van der Waals surface area contributed by atoms with Crippen molar-refractivity contribution in [3.8, 4) is 0 Å². The summed E-state index contributed by atoms with van der Waals surface area (Å²) in [5, 5.41) is 0.425. The van der Waals surface area contributed by atoms with Crippen LogP contribution in [0.15, 0.2) is 47.4 Å². The van der Waals surface area contributed by atoms with Gasteiger partial charge in [-0.15, -0.1) is 0 Å². The van der Waals surface area contributed by atoms with Gasteiger partial charge in [-0.25, -0.2) is 12.8 Å². The Balaban J connectivity index is 1.45. The first-order valence-corrected chi connectivity index (χ1v) is 12.9. The van der Waals surface area contributed by atoms with Gasteiger partial charge in [-0.05, 0) is 68.5 Å². The second kappa shape index (κ2) is 9.29. The van der Waals surface area contributed by atoms with E-state index >= 15 is 0 Å². The first-order chi connectivity index (χ1) is 15.2. The highest BCUT2D eigenvalue weighted by molar-refractivity contribution is 7.89. The maximum Gasteiger partial charge on any atom is 0.243 e. The van der Waals surface area contributed by atoms with Gasteiger partial charge < -0.3 is 4.90 Å². The van der Waals surface area contributed by atoms with E-state index in [0.717, 1.165) is 30.5 Å². The largest absolute Gasteiger partial charge is 0.333 e. The fourth-order valence-corrected chi connectivity index (χ4v) is 6.15. The summed E-state index contributed by atoms with van der Waals surface area (Å²) in [6.45, 7) is 2.50. The minimum absolute atomic E-state index is 0.0374. The third-order valence-electron chi connectivity index (χ3n) is 6.30. The van der Waals surface area contributed by atoms with Gasteiger partial charge in [0, 0.05) is 30.1 Å². The number of carbonyl (C=O) groups is 1. The van der Waals surface area contributed by atoms with Crippen LogP contribution in [0.5, 0.6) is 0 Å². The molecule has 0 N–H and O–H groups in total. The lowest BCUT2D eigenvalue weighted by atomic mass is 9.95. The van der Waals surface area contributed by atoms with Crippen LogP contribution in [-0.2, 0) is 14.8 Å². The third kappa shape index (κ3) is 4.81. The van der Waals surface area contributed by atoms with Crippen LogP contribution in [-0.4, -0.2) is 42.7 Å². The molecule has 1 amide bonds. The van der Waals surface area contributed by atoms with Crippen molar-refractivity contribution < 1.29 is 17.6 Å². The Morgan fingerprint density at radius 1 is 1.06 bits per heavy atom. The van der Waals surface area contributed by atoms with E-state index in [1.54, 1.807) is 0 Å². The number of carbonyl (C=O) groups excluding carboxylic acids is 1. The van der Waals surface area contributed by atoms with Crippen molar-refractivity contribution in [1.29, 1.82) is 0 Å². The van der Waals surface area contributed by atoms with Crippen LogP contribution in [0.1, 0.15) is 44.2 Å². The normalized spacial score (nSPS) is 19.0. The van der Waals surface area contributed by atoms with Crippen molar-refractivity contribution >= 4 is 39.1 Å².